The molecule has 2 saturated heterocycles. The van der Waals surface area contributed by atoms with Crippen LogP contribution in [0, 0.1) is 11.6 Å². The molecule has 0 bridgehead atoms. The van der Waals surface area contributed by atoms with E-state index in [4.69, 9.17) is 4.74 Å². The number of nitrogens with zero attached hydrogens (tertiary/aromatic N) is 1. The smallest absolute Gasteiger partial charge is 0.407 e. The van der Waals surface area contributed by atoms with Gasteiger partial charge in [-0.15, -0.1) is 0 Å². The van der Waals surface area contributed by atoms with Crippen molar-refractivity contribution < 1.29 is 31.8 Å². The number of aliphatic hydroxyl groups is 1. The highest BCUT2D eigenvalue weighted by atomic mass is 32.2. The summed E-state index contributed by atoms with van der Waals surface area (Å²) >= 11 is 0. The molecule has 0 unspecified atom stereocenters. The predicted molar refractivity (Wildman–Crippen MR) is 129 cm³/mol. The lowest BCUT2D eigenvalue weighted by Crippen LogP contribution is -2.60. The van der Waals surface area contributed by atoms with E-state index in [0.717, 1.165) is 12.1 Å². The third-order valence-electron chi connectivity index (χ3n) is 7.88. The number of carbonyl (C=O) groups excluding carboxylic acids is 1. The SMILES string of the molecule is C[C@H]1CC[C@H](c2ccccc2)S(=O)(=O)N1Cc1cc(F)c(C2([C@H]3CNC(=O)O3)CC(C)(O)C2)cc1F. The van der Waals surface area contributed by atoms with Crippen LogP contribution in [0.15, 0.2) is 42.5 Å². The molecular weight excluding hydrogens is 490 g/mol. The van der Waals surface area contributed by atoms with Gasteiger partial charge in [0.1, 0.15) is 23.0 Å². The summed E-state index contributed by atoms with van der Waals surface area (Å²) in [6, 6.07) is 10.7. The summed E-state index contributed by atoms with van der Waals surface area (Å²) in [4.78, 5) is 11.7. The van der Waals surface area contributed by atoms with Crippen LogP contribution in [-0.2, 0) is 26.7 Å². The van der Waals surface area contributed by atoms with Crippen molar-refractivity contribution in [3.05, 3.63) is 70.8 Å². The maximum atomic E-state index is 15.6. The van der Waals surface area contributed by atoms with E-state index in [2.05, 4.69) is 5.32 Å². The molecule has 2 aromatic carbocycles. The summed E-state index contributed by atoms with van der Waals surface area (Å²) < 4.78 is 64.6. The Hall–Kier alpha value is -2.56. The summed E-state index contributed by atoms with van der Waals surface area (Å²) in [7, 11) is -3.82. The third kappa shape index (κ3) is 4.18. The van der Waals surface area contributed by atoms with Crippen LogP contribution in [0.1, 0.15) is 61.5 Å². The Morgan fingerprint density at radius 3 is 2.44 bits per heavy atom. The van der Waals surface area contributed by atoms with Crippen LogP contribution >= 0.6 is 0 Å². The van der Waals surface area contributed by atoms with Crippen LogP contribution in [-0.4, -0.2) is 48.2 Å². The molecule has 0 radical (unpaired) electrons. The summed E-state index contributed by atoms with van der Waals surface area (Å²) in [5.74, 6) is -1.45. The fraction of sp³-hybridized carbons (Fsp3) is 0.500. The van der Waals surface area contributed by atoms with Crippen molar-refractivity contribution in [1.82, 2.24) is 9.62 Å². The van der Waals surface area contributed by atoms with Gasteiger partial charge in [-0.3, -0.25) is 0 Å². The van der Waals surface area contributed by atoms with Crippen molar-refractivity contribution in [2.75, 3.05) is 6.54 Å². The van der Waals surface area contributed by atoms with Gasteiger partial charge in [-0.2, -0.15) is 4.31 Å². The van der Waals surface area contributed by atoms with Gasteiger partial charge in [0, 0.05) is 29.1 Å². The van der Waals surface area contributed by atoms with Gasteiger partial charge in [0.15, 0.2) is 0 Å². The molecule has 3 atom stereocenters. The average molecular weight is 521 g/mol. The van der Waals surface area contributed by atoms with E-state index in [1.807, 2.05) is 6.07 Å². The number of ether oxygens (including phenoxy) is 1. The Kier molecular flexibility index (Phi) is 6.12. The van der Waals surface area contributed by atoms with Crippen LogP contribution in [0.2, 0.25) is 0 Å². The van der Waals surface area contributed by atoms with Crippen molar-refractivity contribution in [2.45, 2.75) is 74.5 Å². The normalized spacial score (nSPS) is 34.0. The molecule has 0 aromatic heterocycles. The number of halogens is 2. The van der Waals surface area contributed by atoms with Crippen LogP contribution in [0.5, 0.6) is 0 Å². The van der Waals surface area contributed by atoms with Gasteiger partial charge in [-0.1, -0.05) is 30.3 Å². The molecule has 36 heavy (non-hydrogen) atoms. The van der Waals surface area contributed by atoms with Gasteiger partial charge in [0.25, 0.3) is 0 Å². The molecule has 1 aliphatic carbocycles. The highest BCUT2D eigenvalue weighted by molar-refractivity contribution is 7.89. The highest BCUT2D eigenvalue weighted by Gasteiger charge is 2.60. The van der Waals surface area contributed by atoms with E-state index < -0.39 is 50.1 Å². The van der Waals surface area contributed by atoms with Crippen molar-refractivity contribution in [3.63, 3.8) is 0 Å². The van der Waals surface area contributed by atoms with Crippen LogP contribution in [0.3, 0.4) is 0 Å². The molecule has 2 aromatic rings. The predicted octanol–water partition coefficient (Wildman–Crippen LogP) is 3.91. The lowest BCUT2D eigenvalue weighted by molar-refractivity contribution is -0.114. The largest absolute Gasteiger partial charge is 0.443 e. The van der Waals surface area contributed by atoms with Crippen LogP contribution in [0.4, 0.5) is 13.6 Å². The monoisotopic (exact) mass is 520 g/mol. The first-order valence-corrected chi connectivity index (χ1v) is 13.6. The van der Waals surface area contributed by atoms with Crippen LogP contribution in [0.25, 0.3) is 0 Å². The molecule has 194 valence electrons. The second-order valence-corrected chi connectivity index (χ2v) is 12.7. The maximum Gasteiger partial charge on any atom is 0.407 e. The molecule has 5 rings (SSSR count). The Morgan fingerprint density at radius 2 is 1.83 bits per heavy atom. The number of sulfonamides is 1. The zero-order valence-corrected chi connectivity index (χ0v) is 21.0. The average Bonchev–Trinajstić information content (AvgIpc) is 3.23. The lowest BCUT2D eigenvalue weighted by Gasteiger charge is -2.54. The van der Waals surface area contributed by atoms with E-state index in [1.54, 1.807) is 38.1 Å². The fourth-order valence-electron chi connectivity index (χ4n) is 6.21. The molecule has 2 N–H and O–H groups in total. The van der Waals surface area contributed by atoms with Gasteiger partial charge in [0.2, 0.25) is 10.0 Å². The number of rotatable bonds is 5. The number of alkyl carbamates (subject to hydrolysis) is 1. The Labute approximate surface area is 209 Å². The molecule has 3 aliphatic rings. The highest BCUT2D eigenvalue weighted by Crippen LogP contribution is 2.54. The van der Waals surface area contributed by atoms with Crippen molar-refractivity contribution >= 4 is 16.1 Å². The second kappa shape index (κ2) is 8.78. The van der Waals surface area contributed by atoms with E-state index in [1.165, 1.54) is 4.31 Å². The summed E-state index contributed by atoms with van der Waals surface area (Å²) in [6.07, 6.45) is -0.132. The lowest BCUT2D eigenvalue weighted by atomic mass is 9.54. The number of carbonyl (C=O) groups is 1. The molecule has 3 fully saturated rings. The number of amides is 1. The molecule has 10 heteroatoms. The molecular formula is C26H30F2N2O5S. The number of hydrogen-bond donors (Lipinski definition) is 2. The van der Waals surface area contributed by atoms with E-state index in [9.17, 15) is 18.3 Å². The van der Waals surface area contributed by atoms with Crippen molar-refractivity contribution in [3.8, 4) is 0 Å². The molecule has 1 amide bonds. The Balaban J connectivity index is 1.46. The number of hydrogen-bond acceptors (Lipinski definition) is 5. The van der Waals surface area contributed by atoms with Gasteiger partial charge in [-0.05, 0) is 57.2 Å². The van der Waals surface area contributed by atoms with E-state index in [0.29, 0.717) is 18.4 Å². The Morgan fingerprint density at radius 1 is 1.14 bits per heavy atom. The summed E-state index contributed by atoms with van der Waals surface area (Å²) in [5.41, 5.74) is -1.54. The zero-order valence-electron chi connectivity index (χ0n) is 20.2. The van der Waals surface area contributed by atoms with Gasteiger partial charge in [-0.25, -0.2) is 22.0 Å². The minimum Gasteiger partial charge on any atom is -0.443 e. The minimum absolute atomic E-state index is 0.0217. The first-order valence-electron chi connectivity index (χ1n) is 12.1. The zero-order chi connectivity index (χ0) is 25.9. The van der Waals surface area contributed by atoms with Gasteiger partial charge < -0.3 is 15.2 Å². The van der Waals surface area contributed by atoms with Gasteiger partial charge in [0.05, 0.1) is 12.1 Å². The van der Waals surface area contributed by atoms with Crippen LogP contribution < -0.4 is 5.32 Å². The Bertz CT molecular complexity index is 1280. The number of benzene rings is 2. The summed E-state index contributed by atoms with van der Waals surface area (Å²) in [5, 5.41) is 12.2. The maximum absolute atomic E-state index is 15.6. The van der Waals surface area contributed by atoms with E-state index >= 15 is 8.78 Å². The number of cyclic esters (lactones) is 1. The standard InChI is InChI=1S/C26H30F2N2O5S/c1-16-8-9-22(17-6-4-3-5-7-17)36(33,34)30(16)13-18-10-21(28)19(11-20(18)27)26(14-25(2,32)15-26)23-12-29-24(31)35-23/h3-7,10-11,16,22-23,32H,8-9,12-15H2,1-2H3,(H,29,31)/t16-,22+,23+,25?,26?/m0/s1. The first-order chi connectivity index (χ1) is 16.9. The molecule has 1 saturated carbocycles. The van der Waals surface area contributed by atoms with Crippen molar-refractivity contribution in [2.24, 2.45) is 0 Å². The first kappa shape index (κ1) is 25.1. The topological polar surface area (TPSA) is 95.9 Å². The quantitative estimate of drug-likeness (QED) is 0.623. The number of nitrogens with one attached hydrogen (secondary N) is 1. The van der Waals surface area contributed by atoms with Gasteiger partial charge >= 0.3 is 6.09 Å². The molecule has 0 spiro atoms. The van der Waals surface area contributed by atoms with Crippen molar-refractivity contribution in [1.29, 1.82) is 0 Å². The third-order valence-corrected chi connectivity index (χ3v) is 10.3. The van der Waals surface area contributed by atoms with E-state index in [-0.39, 0.29) is 43.1 Å². The fourth-order valence-corrected chi connectivity index (χ4v) is 8.39. The second-order valence-electron chi connectivity index (χ2n) is 10.6. The molecule has 2 aliphatic heterocycles. The molecule has 2 heterocycles. The molecule has 7 nitrogen and oxygen atoms in total. The minimum atomic E-state index is -3.82. The summed E-state index contributed by atoms with van der Waals surface area (Å²) in [6.45, 7) is 3.21.